The summed E-state index contributed by atoms with van der Waals surface area (Å²) in [6.07, 6.45) is 0. The van der Waals surface area contributed by atoms with Gasteiger partial charge in [-0.05, 0) is 54.6 Å². The van der Waals surface area contributed by atoms with Crippen LogP contribution in [0.1, 0.15) is 6.92 Å². The Kier molecular flexibility index (Phi) is 7.24. The van der Waals surface area contributed by atoms with Gasteiger partial charge in [0.05, 0.1) is 16.5 Å². The number of benzene rings is 3. The molecule has 0 fully saturated rings. The lowest BCUT2D eigenvalue weighted by Crippen LogP contribution is -2.15. The largest absolute Gasteiger partial charge is 0.326 e. The van der Waals surface area contributed by atoms with Crippen molar-refractivity contribution in [3.63, 3.8) is 0 Å². The van der Waals surface area contributed by atoms with Gasteiger partial charge < -0.3 is 10.6 Å². The fraction of sp³-hybridized carbons (Fsp3) is 0.0833. The molecule has 0 saturated carbocycles. The number of nitrogens with one attached hydrogen (secondary N) is 2. The van der Waals surface area contributed by atoms with E-state index in [2.05, 4.69) is 20.8 Å². The number of hydrogen-bond donors (Lipinski definition) is 2. The lowest BCUT2D eigenvalue weighted by atomic mass is 10.2. The van der Waals surface area contributed by atoms with Gasteiger partial charge >= 0.3 is 0 Å². The van der Waals surface area contributed by atoms with E-state index in [0.717, 1.165) is 5.69 Å². The fourth-order valence-electron chi connectivity index (χ4n) is 3.18. The average molecular weight is 496 g/mol. The molecule has 172 valence electrons. The molecule has 34 heavy (non-hydrogen) atoms. The van der Waals surface area contributed by atoms with Crippen molar-refractivity contribution in [1.82, 2.24) is 14.8 Å². The number of thioether (sulfide) groups is 1. The molecular weight excluding hydrogens is 477 g/mol. The van der Waals surface area contributed by atoms with Gasteiger partial charge in [-0.1, -0.05) is 41.6 Å². The van der Waals surface area contributed by atoms with Crippen LogP contribution in [-0.4, -0.2) is 32.3 Å². The Balaban J connectivity index is 1.55. The third-order valence-corrected chi connectivity index (χ3v) is 5.90. The lowest BCUT2D eigenvalue weighted by Gasteiger charge is -2.11. The van der Waals surface area contributed by atoms with Crippen LogP contribution in [0.25, 0.3) is 17.1 Å². The molecule has 0 spiro atoms. The molecule has 2 N–H and O–H groups in total. The fourth-order valence-corrected chi connectivity index (χ4v) is 4.09. The highest BCUT2D eigenvalue weighted by molar-refractivity contribution is 7.99. The summed E-state index contributed by atoms with van der Waals surface area (Å²) in [5, 5.41) is 14.8. The SMILES string of the molecule is CC(=O)Nc1ccc(Cl)c(NC(=O)CSc2nnc(-c3ccc(F)cc3)n2-c2ccccc2)c1. The first-order chi connectivity index (χ1) is 16.4. The maximum atomic E-state index is 13.4. The molecule has 0 radical (unpaired) electrons. The van der Waals surface area contributed by atoms with E-state index >= 15 is 0 Å². The quantitative estimate of drug-likeness (QED) is 0.334. The predicted octanol–water partition coefficient (Wildman–Crippen LogP) is 5.42. The minimum atomic E-state index is -0.345. The highest BCUT2D eigenvalue weighted by Crippen LogP contribution is 2.29. The number of hydrogen-bond acceptors (Lipinski definition) is 5. The van der Waals surface area contributed by atoms with E-state index in [1.807, 2.05) is 34.9 Å². The van der Waals surface area contributed by atoms with E-state index in [1.54, 1.807) is 30.3 Å². The average Bonchev–Trinajstić information content (AvgIpc) is 3.24. The number of carbonyl (C=O) groups excluding carboxylic acids is 2. The van der Waals surface area contributed by atoms with Crippen LogP contribution in [-0.2, 0) is 9.59 Å². The standard InChI is InChI=1S/C24H19ClFN5O2S/c1-15(32)27-18-11-12-20(25)21(13-18)28-22(33)14-34-24-30-29-23(16-7-9-17(26)10-8-16)31(24)19-5-3-2-4-6-19/h2-13H,14H2,1H3,(H,27,32)(H,28,33). The van der Waals surface area contributed by atoms with E-state index in [1.165, 1.54) is 30.8 Å². The molecule has 7 nitrogen and oxygen atoms in total. The molecular formula is C24H19ClFN5O2S. The molecule has 4 rings (SSSR count). The summed E-state index contributed by atoms with van der Waals surface area (Å²) in [7, 11) is 0. The summed E-state index contributed by atoms with van der Waals surface area (Å²) in [5.74, 6) is -0.318. The Labute approximate surface area is 204 Å². The van der Waals surface area contributed by atoms with Crippen molar-refractivity contribution in [2.24, 2.45) is 0 Å². The zero-order valence-electron chi connectivity index (χ0n) is 18.0. The van der Waals surface area contributed by atoms with Gasteiger partial charge in [-0.15, -0.1) is 10.2 Å². The lowest BCUT2D eigenvalue weighted by molar-refractivity contribution is -0.114. The van der Waals surface area contributed by atoms with E-state index in [0.29, 0.717) is 32.9 Å². The number of nitrogens with zero attached hydrogens (tertiary/aromatic N) is 3. The summed E-state index contributed by atoms with van der Waals surface area (Å²) in [4.78, 5) is 23.9. The molecule has 10 heteroatoms. The molecule has 0 aliphatic carbocycles. The first kappa shape index (κ1) is 23.5. The molecule has 3 aromatic carbocycles. The molecule has 0 saturated heterocycles. The summed E-state index contributed by atoms with van der Waals surface area (Å²) >= 11 is 7.39. The van der Waals surface area contributed by atoms with Crippen molar-refractivity contribution in [2.45, 2.75) is 12.1 Å². The monoisotopic (exact) mass is 495 g/mol. The smallest absolute Gasteiger partial charge is 0.234 e. The second kappa shape index (κ2) is 10.5. The Morgan fingerprint density at radius 2 is 1.74 bits per heavy atom. The topological polar surface area (TPSA) is 88.9 Å². The normalized spacial score (nSPS) is 10.7. The summed E-state index contributed by atoms with van der Waals surface area (Å²) in [5.41, 5.74) is 2.40. The third kappa shape index (κ3) is 5.62. The van der Waals surface area contributed by atoms with Gasteiger partial charge in [-0.25, -0.2) is 4.39 Å². The zero-order valence-corrected chi connectivity index (χ0v) is 19.5. The molecule has 1 heterocycles. The molecule has 4 aromatic rings. The van der Waals surface area contributed by atoms with Gasteiger partial charge in [0.15, 0.2) is 11.0 Å². The maximum Gasteiger partial charge on any atom is 0.234 e. The molecule has 0 aliphatic heterocycles. The number of para-hydroxylation sites is 1. The number of amides is 2. The molecule has 0 bridgehead atoms. The Morgan fingerprint density at radius 3 is 2.44 bits per heavy atom. The van der Waals surface area contributed by atoms with E-state index in [-0.39, 0.29) is 23.4 Å². The van der Waals surface area contributed by atoms with E-state index < -0.39 is 0 Å². The van der Waals surface area contributed by atoms with Crippen LogP contribution in [0.5, 0.6) is 0 Å². The first-order valence-corrected chi connectivity index (χ1v) is 11.5. The van der Waals surface area contributed by atoms with E-state index in [4.69, 9.17) is 11.6 Å². The van der Waals surface area contributed by atoms with Gasteiger partial charge in [-0.2, -0.15) is 0 Å². The predicted molar refractivity (Wildman–Crippen MR) is 132 cm³/mol. The highest BCUT2D eigenvalue weighted by atomic mass is 35.5. The Bertz CT molecular complexity index is 1330. The second-order valence-corrected chi connectivity index (χ2v) is 8.55. The van der Waals surface area contributed by atoms with Crippen LogP contribution in [0.4, 0.5) is 15.8 Å². The number of aromatic nitrogens is 3. The van der Waals surface area contributed by atoms with Crippen molar-refractivity contribution in [1.29, 1.82) is 0 Å². The van der Waals surface area contributed by atoms with Crippen LogP contribution in [0.2, 0.25) is 5.02 Å². The minimum absolute atomic E-state index is 0.0368. The summed E-state index contributed by atoms with van der Waals surface area (Å²) < 4.78 is 15.2. The van der Waals surface area contributed by atoms with Crippen LogP contribution in [0.3, 0.4) is 0 Å². The number of carbonyl (C=O) groups is 2. The zero-order chi connectivity index (χ0) is 24.1. The number of anilines is 2. The third-order valence-electron chi connectivity index (χ3n) is 4.64. The number of halogens is 2. The maximum absolute atomic E-state index is 13.4. The van der Waals surface area contributed by atoms with Crippen molar-refractivity contribution in [3.8, 4) is 17.1 Å². The minimum Gasteiger partial charge on any atom is -0.326 e. The van der Waals surface area contributed by atoms with Crippen molar-refractivity contribution < 1.29 is 14.0 Å². The van der Waals surface area contributed by atoms with Crippen LogP contribution in [0.15, 0.2) is 78.0 Å². The van der Waals surface area contributed by atoms with Gasteiger partial charge in [0.2, 0.25) is 11.8 Å². The number of rotatable bonds is 7. The van der Waals surface area contributed by atoms with Gasteiger partial charge in [0.25, 0.3) is 0 Å². The van der Waals surface area contributed by atoms with Gasteiger partial charge in [-0.3, -0.25) is 14.2 Å². The highest BCUT2D eigenvalue weighted by Gasteiger charge is 2.18. The Morgan fingerprint density at radius 1 is 1.00 bits per heavy atom. The van der Waals surface area contributed by atoms with Crippen molar-refractivity contribution >= 4 is 46.6 Å². The van der Waals surface area contributed by atoms with Gasteiger partial charge in [0.1, 0.15) is 5.82 Å². The van der Waals surface area contributed by atoms with Crippen molar-refractivity contribution in [2.75, 3.05) is 16.4 Å². The molecule has 0 unspecified atom stereocenters. The molecule has 0 aliphatic rings. The molecule has 1 aromatic heterocycles. The van der Waals surface area contributed by atoms with Crippen molar-refractivity contribution in [3.05, 3.63) is 83.6 Å². The summed E-state index contributed by atoms with van der Waals surface area (Å²) in [6, 6.07) is 20.3. The van der Waals surface area contributed by atoms with Crippen LogP contribution >= 0.6 is 23.4 Å². The van der Waals surface area contributed by atoms with Crippen LogP contribution < -0.4 is 10.6 Å². The van der Waals surface area contributed by atoms with Crippen LogP contribution in [0, 0.1) is 5.82 Å². The molecule has 0 atom stereocenters. The van der Waals surface area contributed by atoms with E-state index in [9.17, 15) is 14.0 Å². The van der Waals surface area contributed by atoms with Gasteiger partial charge in [0, 0.05) is 23.9 Å². The molecule has 2 amide bonds. The second-order valence-electron chi connectivity index (χ2n) is 7.20. The first-order valence-electron chi connectivity index (χ1n) is 10.2. The summed E-state index contributed by atoms with van der Waals surface area (Å²) in [6.45, 7) is 1.40. The Hall–Kier alpha value is -3.69.